The highest BCUT2D eigenvalue weighted by Crippen LogP contribution is 2.42. The Hall–Kier alpha value is -2.64. The SMILES string of the molecule is CC1=C(/C=C/C(C)=C/C=C/C(C)=C/CO)C(C)(C)CCC1.CC[C@H]1OC(=O)[C@H](C)[C@@H](O[C@H]2C[C@@](C)(OC)[C@@H](O)[C@H](C)O2)[C@H](C)[C@@H](O[C@@H]2O[C@H](C)C[C@H](N(C)C)[C@H]2O)[C@](C)(O)C[C@@H](C)C(=O)[C@H](C)[C@@H](O)[C@]1(C)O. The number of methoxy groups -OCH3 is 1. The highest BCUT2D eigenvalue weighted by atomic mass is 16.7. The summed E-state index contributed by atoms with van der Waals surface area (Å²) in [7, 11) is 5.18. The minimum Gasteiger partial charge on any atom is -0.459 e. The van der Waals surface area contributed by atoms with Gasteiger partial charge in [-0.3, -0.25) is 9.59 Å². The highest BCUT2D eigenvalue weighted by Gasteiger charge is 2.53. The van der Waals surface area contributed by atoms with Crippen LogP contribution in [0, 0.1) is 29.1 Å². The minimum atomic E-state index is -1.99. The van der Waals surface area contributed by atoms with Crippen LogP contribution in [0.3, 0.4) is 0 Å². The average Bonchev–Trinajstić information content (AvgIpc) is 3.29. The summed E-state index contributed by atoms with van der Waals surface area (Å²) in [5, 5.41) is 66.4. The number of hydrogen-bond acceptors (Lipinski definition) is 15. The number of ketones is 1. The van der Waals surface area contributed by atoms with Crippen molar-refractivity contribution in [3.63, 3.8) is 0 Å². The van der Waals surface area contributed by atoms with E-state index in [2.05, 4.69) is 45.9 Å². The van der Waals surface area contributed by atoms with Gasteiger partial charge in [0.1, 0.15) is 29.7 Å². The maximum absolute atomic E-state index is 14.1. The van der Waals surface area contributed by atoms with Crippen LogP contribution in [0.2, 0.25) is 0 Å². The summed E-state index contributed by atoms with van der Waals surface area (Å²) in [6, 6.07) is -0.324. The molecule has 4 aliphatic rings. The van der Waals surface area contributed by atoms with Crippen LogP contribution in [0.1, 0.15) is 149 Å². The Morgan fingerprint density at radius 3 is 2.08 bits per heavy atom. The number of carbonyl (C=O) groups excluding carboxylic acids is 2. The van der Waals surface area contributed by atoms with E-state index in [-0.39, 0.29) is 38.0 Å². The molecule has 3 saturated heterocycles. The van der Waals surface area contributed by atoms with E-state index < -0.39 is 108 Å². The fourth-order valence-corrected chi connectivity index (χ4v) is 11.3. The fraction of sp³-hybridized carbons (Fsp3) is 0.789. The molecule has 0 amide bonds. The third-order valence-electron chi connectivity index (χ3n) is 16.0. The minimum absolute atomic E-state index is 0.0936. The number of rotatable bonds is 12. The van der Waals surface area contributed by atoms with Crippen molar-refractivity contribution in [2.24, 2.45) is 29.1 Å². The third kappa shape index (κ3) is 16.2. The Balaban J connectivity index is 0.000000543. The first kappa shape index (κ1) is 63.7. The molecule has 1 aliphatic carbocycles. The van der Waals surface area contributed by atoms with Gasteiger partial charge in [-0.25, -0.2) is 0 Å². The second kappa shape index (κ2) is 26.9. The Morgan fingerprint density at radius 1 is 0.875 bits per heavy atom. The van der Waals surface area contributed by atoms with Crippen molar-refractivity contribution in [3.05, 3.63) is 58.7 Å². The van der Waals surface area contributed by atoms with E-state index in [9.17, 15) is 35.1 Å². The van der Waals surface area contributed by atoms with Crippen molar-refractivity contribution in [2.45, 2.75) is 233 Å². The summed E-state index contributed by atoms with van der Waals surface area (Å²) in [6.07, 6.45) is 6.58. The zero-order chi connectivity index (χ0) is 54.8. The predicted molar refractivity (Wildman–Crippen MR) is 279 cm³/mol. The monoisotopic (exact) mass is 1020 g/mol. The number of likely N-dealkylation sites (N-methyl/N-ethyl adjacent to an activating group) is 1. The van der Waals surface area contributed by atoms with E-state index >= 15 is 0 Å². The maximum atomic E-state index is 14.1. The molecule has 414 valence electrons. The molecule has 18 atom stereocenters. The number of aliphatic hydroxyl groups is 6. The zero-order valence-corrected chi connectivity index (χ0v) is 47.2. The molecule has 0 radical (unpaired) electrons. The summed E-state index contributed by atoms with van der Waals surface area (Å²) < 4.78 is 37.1. The van der Waals surface area contributed by atoms with Gasteiger partial charge in [-0.1, -0.05) is 94.7 Å². The summed E-state index contributed by atoms with van der Waals surface area (Å²) in [5.41, 5.74) is 0.820. The lowest BCUT2D eigenvalue weighted by molar-refractivity contribution is -0.318. The molecular formula is C57H97NO14. The normalized spacial score (nSPS) is 41.3. The Morgan fingerprint density at radius 2 is 1.51 bits per heavy atom. The molecule has 15 nitrogen and oxygen atoms in total. The van der Waals surface area contributed by atoms with E-state index in [1.165, 1.54) is 63.9 Å². The van der Waals surface area contributed by atoms with Crippen LogP contribution in [-0.2, 0) is 38.0 Å². The third-order valence-corrected chi connectivity index (χ3v) is 16.0. The number of carbonyl (C=O) groups is 2. The number of nitrogens with zero attached hydrogens (tertiary/aromatic N) is 1. The van der Waals surface area contributed by atoms with Crippen molar-refractivity contribution in [2.75, 3.05) is 27.8 Å². The average molecular weight is 1020 g/mol. The lowest BCUT2D eigenvalue weighted by Crippen LogP contribution is -2.61. The van der Waals surface area contributed by atoms with Gasteiger partial charge in [0.15, 0.2) is 12.6 Å². The van der Waals surface area contributed by atoms with Gasteiger partial charge >= 0.3 is 5.97 Å². The zero-order valence-electron chi connectivity index (χ0n) is 47.2. The van der Waals surface area contributed by atoms with E-state index in [1.807, 2.05) is 45.0 Å². The number of cyclic esters (lactones) is 1. The predicted octanol–water partition coefficient (Wildman–Crippen LogP) is 7.30. The number of esters is 1. The molecule has 0 aromatic carbocycles. The van der Waals surface area contributed by atoms with E-state index in [0.29, 0.717) is 11.8 Å². The van der Waals surface area contributed by atoms with Gasteiger partial charge in [-0.2, -0.15) is 0 Å². The Kier molecular flexibility index (Phi) is 23.8. The van der Waals surface area contributed by atoms with Gasteiger partial charge in [-0.05, 0) is 126 Å². The lowest BCUT2D eigenvalue weighted by atomic mass is 9.72. The first-order chi connectivity index (χ1) is 33.3. The first-order valence-corrected chi connectivity index (χ1v) is 26.4. The summed E-state index contributed by atoms with van der Waals surface area (Å²) in [6.45, 7) is 27.5. The summed E-state index contributed by atoms with van der Waals surface area (Å²) >= 11 is 0. The van der Waals surface area contributed by atoms with E-state index in [0.717, 1.165) is 5.57 Å². The molecule has 0 aromatic heterocycles. The first-order valence-electron chi connectivity index (χ1n) is 26.4. The molecule has 0 bridgehead atoms. The maximum Gasteiger partial charge on any atom is 0.311 e. The van der Waals surface area contributed by atoms with Gasteiger partial charge in [-0.15, -0.1) is 0 Å². The largest absolute Gasteiger partial charge is 0.459 e. The second-order valence-corrected chi connectivity index (χ2v) is 23.1. The van der Waals surface area contributed by atoms with Crippen molar-refractivity contribution in [3.8, 4) is 0 Å². The number of allylic oxidation sites excluding steroid dienone is 9. The van der Waals surface area contributed by atoms with Crippen molar-refractivity contribution < 1.29 is 68.6 Å². The van der Waals surface area contributed by atoms with E-state index in [1.54, 1.807) is 47.6 Å². The van der Waals surface area contributed by atoms with Crippen LogP contribution in [0.15, 0.2) is 58.7 Å². The molecule has 3 heterocycles. The Bertz CT molecular complexity index is 1920. The molecule has 0 saturated carbocycles. The van der Waals surface area contributed by atoms with Crippen LogP contribution < -0.4 is 0 Å². The van der Waals surface area contributed by atoms with Crippen LogP contribution >= 0.6 is 0 Å². The molecule has 0 spiro atoms. The molecule has 3 aliphatic heterocycles. The standard InChI is InChI=1S/C37H67NO13.C20H30O/c1-14-25-37(10,45)30(41)20(4)27(39)18(2)16-35(8,44)32(51-34-28(40)24(38(11)12)15-19(3)47-34)21(5)29(22(6)33(43)49-25)50-26-17-36(9,46-13)31(42)23(7)48-26;1-16(8-6-9-17(2)13-15-21)11-12-19-18(3)10-7-14-20(19,4)5/h18-26,28-32,34,40-42,44-45H,14-17H2,1-13H3;6,8-9,11-13,21H,7,10,14-15H2,1-5H3/b;9-6+,12-11+,16-8+,17-13+/t18-,19-,20+,21+,22-,23+,24+,25-,26+,28-,29+,30-,31+,32-,34+,35-,36-,37-;/m1./s1. The number of Topliss-reactive ketones (excluding diaryl/α,β-unsaturated/α-hetero) is 1. The molecule has 4 rings (SSSR count). The molecule has 15 heteroatoms. The highest BCUT2D eigenvalue weighted by molar-refractivity contribution is 5.83. The van der Waals surface area contributed by atoms with Crippen molar-refractivity contribution >= 4 is 11.8 Å². The molecular weight excluding hydrogens is 923 g/mol. The molecule has 6 N–H and O–H groups in total. The van der Waals surface area contributed by atoms with Crippen LogP contribution in [0.4, 0.5) is 0 Å². The molecule has 72 heavy (non-hydrogen) atoms. The van der Waals surface area contributed by atoms with Crippen molar-refractivity contribution in [1.29, 1.82) is 0 Å². The van der Waals surface area contributed by atoms with E-state index in [4.69, 9.17) is 33.5 Å². The quantitative estimate of drug-likeness (QED) is 0.0836. The van der Waals surface area contributed by atoms with Gasteiger partial charge in [0.2, 0.25) is 0 Å². The smallest absolute Gasteiger partial charge is 0.311 e. The molecule has 0 aromatic rings. The van der Waals surface area contributed by atoms with Crippen LogP contribution in [0.25, 0.3) is 0 Å². The van der Waals surface area contributed by atoms with Gasteiger partial charge < -0.3 is 64.0 Å². The number of aliphatic hydroxyl groups excluding tert-OH is 4. The second-order valence-electron chi connectivity index (χ2n) is 23.1. The Labute approximate surface area is 432 Å². The fourth-order valence-electron chi connectivity index (χ4n) is 11.3. The van der Waals surface area contributed by atoms with Gasteiger partial charge in [0.05, 0.1) is 54.2 Å². The van der Waals surface area contributed by atoms with Crippen molar-refractivity contribution in [1.82, 2.24) is 4.90 Å². The van der Waals surface area contributed by atoms with Gasteiger partial charge in [0.25, 0.3) is 0 Å². The number of hydrogen-bond donors (Lipinski definition) is 6. The number of ether oxygens (including phenoxy) is 6. The molecule has 3 fully saturated rings. The van der Waals surface area contributed by atoms with Crippen LogP contribution in [-0.4, -0.2) is 159 Å². The molecule has 0 unspecified atom stereocenters. The topological polar surface area (TPSA) is 214 Å². The summed E-state index contributed by atoms with van der Waals surface area (Å²) in [4.78, 5) is 29.8. The lowest BCUT2D eigenvalue weighted by Gasteiger charge is -2.49. The summed E-state index contributed by atoms with van der Waals surface area (Å²) in [5.74, 6) is -4.98. The van der Waals surface area contributed by atoms with Gasteiger partial charge in [0, 0.05) is 37.3 Å². The van der Waals surface area contributed by atoms with Crippen LogP contribution in [0.5, 0.6) is 0 Å².